The summed E-state index contributed by atoms with van der Waals surface area (Å²) in [5.41, 5.74) is 2.75. The van der Waals surface area contributed by atoms with Crippen molar-refractivity contribution in [3.8, 4) is 0 Å². The van der Waals surface area contributed by atoms with Crippen molar-refractivity contribution >= 4 is 22.9 Å². The van der Waals surface area contributed by atoms with E-state index in [1.54, 1.807) is 0 Å². The van der Waals surface area contributed by atoms with Crippen molar-refractivity contribution in [1.29, 1.82) is 0 Å². The molecule has 0 saturated carbocycles. The average Bonchev–Trinajstić information content (AvgIpc) is 2.41. The maximum Gasteiger partial charge on any atom is -0.00675 e. The normalized spacial score (nSPS) is 14.4. The molecule has 0 saturated heterocycles. The Balaban J connectivity index is 2.58. The molecule has 1 aliphatic carbocycles. The molecule has 0 aromatic heterocycles. The third-order valence-corrected chi connectivity index (χ3v) is 3.61. The highest BCUT2D eigenvalue weighted by Gasteiger charge is 2.06. The van der Waals surface area contributed by atoms with Gasteiger partial charge in [-0.05, 0) is 45.7 Å². The summed E-state index contributed by atoms with van der Waals surface area (Å²) in [7, 11) is 0. The minimum absolute atomic E-state index is 1.02. The minimum atomic E-state index is 1.02. The van der Waals surface area contributed by atoms with Gasteiger partial charge >= 0.3 is 0 Å². The van der Waals surface area contributed by atoms with Crippen molar-refractivity contribution in [2.75, 3.05) is 0 Å². The summed E-state index contributed by atoms with van der Waals surface area (Å²) >= 11 is 0. The van der Waals surface area contributed by atoms with Crippen molar-refractivity contribution in [1.82, 2.24) is 0 Å². The molecule has 0 unspecified atom stereocenters. The highest BCUT2D eigenvalue weighted by molar-refractivity contribution is 5.89. The van der Waals surface area contributed by atoms with Gasteiger partial charge in [-0.25, -0.2) is 0 Å². The summed E-state index contributed by atoms with van der Waals surface area (Å²) in [6, 6.07) is 8.83. The van der Waals surface area contributed by atoms with Gasteiger partial charge in [0.05, 0.1) is 0 Å². The van der Waals surface area contributed by atoms with Crippen LogP contribution in [0.25, 0.3) is 22.9 Å². The van der Waals surface area contributed by atoms with Crippen LogP contribution >= 0.6 is 0 Å². The van der Waals surface area contributed by atoms with Crippen LogP contribution in [0.2, 0.25) is 0 Å². The number of allylic oxidation sites excluding steroid dienone is 3. The van der Waals surface area contributed by atoms with E-state index in [-0.39, 0.29) is 0 Å². The Bertz CT molecular complexity index is 774. The lowest BCUT2D eigenvalue weighted by Crippen LogP contribution is -2.17. The van der Waals surface area contributed by atoms with E-state index in [0.717, 1.165) is 6.42 Å². The van der Waals surface area contributed by atoms with E-state index in [4.69, 9.17) is 0 Å². The fraction of sp³-hybridized carbons (Fsp3) is 0.111. The molecule has 0 heterocycles. The van der Waals surface area contributed by atoms with Crippen LogP contribution in [0.4, 0.5) is 0 Å². The Kier molecular flexibility index (Phi) is 2.64. The molecule has 0 nitrogen and oxygen atoms in total. The molecule has 88 valence electrons. The maximum absolute atomic E-state index is 3.84. The predicted molar refractivity (Wildman–Crippen MR) is 79.9 cm³/mol. The first-order valence-corrected chi connectivity index (χ1v) is 6.32. The van der Waals surface area contributed by atoms with Gasteiger partial charge in [0.1, 0.15) is 0 Å². The van der Waals surface area contributed by atoms with Gasteiger partial charge in [-0.2, -0.15) is 0 Å². The smallest absolute Gasteiger partial charge is 0.00675 e. The largest absolute Gasteiger partial charge is 0.0990 e. The molecular formula is C18H16. The van der Waals surface area contributed by atoms with Gasteiger partial charge in [-0.15, -0.1) is 0 Å². The first kappa shape index (κ1) is 11.0. The zero-order valence-corrected chi connectivity index (χ0v) is 10.6. The SMILES string of the molecule is C=C/C=c1/c(C)ccc2ccc3c(c12)CC=CC=3. The van der Waals surface area contributed by atoms with Crippen molar-refractivity contribution in [2.24, 2.45) is 0 Å². The zero-order valence-electron chi connectivity index (χ0n) is 10.6. The number of hydrogen-bond acceptors (Lipinski definition) is 0. The van der Waals surface area contributed by atoms with Gasteiger partial charge in [0.15, 0.2) is 0 Å². The quantitative estimate of drug-likeness (QED) is 0.709. The average molecular weight is 232 g/mol. The van der Waals surface area contributed by atoms with Gasteiger partial charge in [0.2, 0.25) is 0 Å². The summed E-state index contributed by atoms with van der Waals surface area (Å²) in [5, 5.41) is 5.35. The molecule has 3 rings (SSSR count). The molecule has 1 aliphatic rings. The summed E-state index contributed by atoms with van der Waals surface area (Å²) < 4.78 is 0. The number of fused-ring (bicyclic) bond motifs is 3. The van der Waals surface area contributed by atoms with Crippen LogP contribution in [0, 0.1) is 6.92 Å². The monoisotopic (exact) mass is 232 g/mol. The van der Waals surface area contributed by atoms with Crippen molar-refractivity contribution in [3.63, 3.8) is 0 Å². The molecule has 18 heavy (non-hydrogen) atoms. The summed E-state index contributed by atoms with van der Waals surface area (Å²) in [6.45, 7) is 6.00. The molecular weight excluding hydrogens is 216 g/mol. The molecule has 0 aliphatic heterocycles. The Labute approximate surface area is 107 Å². The second-order valence-electron chi connectivity index (χ2n) is 4.73. The molecule has 0 N–H and O–H groups in total. The van der Waals surface area contributed by atoms with Crippen LogP contribution in [-0.4, -0.2) is 0 Å². The summed E-state index contributed by atoms with van der Waals surface area (Å²) in [5.74, 6) is 0. The lowest BCUT2D eigenvalue weighted by molar-refractivity contribution is 1.25. The number of aryl methyl sites for hydroxylation is 1. The van der Waals surface area contributed by atoms with E-state index < -0.39 is 0 Å². The molecule has 0 bridgehead atoms. The highest BCUT2D eigenvalue weighted by atomic mass is 14.1. The topological polar surface area (TPSA) is 0 Å². The zero-order chi connectivity index (χ0) is 12.5. The molecule has 2 aromatic carbocycles. The first-order valence-electron chi connectivity index (χ1n) is 6.32. The Morgan fingerprint density at radius 1 is 1.17 bits per heavy atom. The van der Waals surface area contributed by atoms with Gasteiger partial charge in [-0.3, -0.25) is 0 Å². The van der Waals surface area contributed by atoms with Crippen molar-refractivity contribution in [2.45, 2.75) is 13.3 Å². The van der Waals surface area contributed by atoms with E-state index in [2.05, 4.69) is 62.1 Å². The Morgan fingerprint density at radius 3 is 2.83 bits per heavy atom. The summed E-state index contributed by atoms with van der Waals surface area (Å²) in [4.78, 5) is 0. The second kappa shape index (κ2) is 4.30. The number of hydrogen-bond donors (Lipinski definition) is 0. The third-order valence-electron chi connectivity index (χ3n) is 3.61. The van der Waals surface area contributed by atoms with Crippen LogP contribution in [0.1, 0.15) is 11.1 Å². The second-order valence-corrected chi connectivity index (χ2v) is 4.73. The van der Waals surface area contributed by atoms with Crippen LogP contribution in [0.5, 0.6) is 0 Å². The third kappa shape index (κ3) is 1.62. The van der Waals surface area contributed by atoms with Crippen LogP contribution < -0.4 is 10.4 Å². The summed E-state index contributed by atoms with van der Waals surface area (Å²) in [6.07, 6.45) is 11.6. The van der Waals surface area contributed by atoms with Crippen molar-refractivity contribution < 1.29 is 0 Å². The number of benzene rings is 2. The molecule has 0 atom stereocenters. The predicted octanol–water partition coefficient (Wildman–Crippen LogP) is 3.01. The fourth-order valence-corrected chi connectivity index (χ4v) is 2.71. The van der Waals surface area contributed by atoms with Gasteiger partial charge in [-0.1, -0.05) is 61.2 Å². The van der Waals surface area contributed by atoms with Crippen LogP contribution in [0.3, 0.4) is 0 Å². The van der Waals surface area contributed by atoms with Gasteiger partial charge in [0, 0.05) is 0 Å². The molecule has 0 radical (unpaired) electrons. The lowest BCUT2D eigenvalue weighted by atomic mass is 9.93. The molecule has 2 aromatic rings. The van der Waals surface area contributed by atoms with Gasteiger partial charge < -0.3 is 0 Å². The highest BCUT2D eigenvalue weighted by Crippen LogP contribution is 2.15. The fourth-order valence-electron chi connectivity index (χ4n) is 2.71. The van der Waals surface area contributed by atoms with E-state index in [1.165, 1.54) is 32.3 Å². The van der Waals surface area contributed by atoms with E-state index in [1.807, 2.05) is 6.08 Å². The van der Waals surface area contributed by atoms with Gasteiger partial charge in [0.25, 0.3) is 0 Å². The number of rotatable bonds is 1. The maximum atomic E-state index is 3.84. The van der Waals surface area contributed by atoms with Crippen LogP contribution in [-0.2, 0) is 6.42 Å². The van der Waals surface area contributed by atoms with E-state index in [9.17, 15) is 0 Å². The molecule has 0 fully saturated rings. The first-order chi connectivity index (χ1) is 8.81. The Morgan fingerprint density at radius 2 is 2.00 bits per heavy atom. The minimum Gasteiger partial charge on any atom is -0.0990 e. The van der Waals surface area contributed by atoms with E-state index >= 15 is 0 Å². The standard InChI is InChI=1S/C18H16/c1-3-6-16-13(2)9-10-15-12-11-14-7-4-5-8-17(14)18(15)16/h3-7,9-12H,1,8H2,2H3/b16-6-. The Hall–Kier alpha value is -2.08. The molecule has 0 amide bonds. The lowest BCUT2D eigenvalue weighted by Gasteiger charge is -2.11. The van der Waals surface area contributed by atoms with E-state index in [0.29, 0.717) is 0 Å². The van der Waals surface area contributed by atoms with Crippen molar-refractivity contribution in [3.05, 3.63) is 70.6 Å². The van der Waals surface area contributed by atoms with Crippen LogP contribution in [0.15, 0.2) is 49.1 Å². The molecule has 0 heteroatoms. The molecule has 0 spiro atoms.